The van der Waals surface area contributed by atoms with E-state index in [-0.39, 0.29) is 28.7 Å². The number of halogens is 1. The third-order valence-corrected chi connectivity index (χ3v) is 4.29. The molecule has 2 heterocycles. The zero-order valence-corrected chi connectivity index (χ0v) is 15.5. The zero-order chi connectivity index (χ0) is 21.3. The summed E-state index contributed by atoms with van der Waals surface area (Å²) in [6, 6.07) is 11.2. The smallest absolute Gasteiger partial charge is 0.283 e. The first-order valence-corrected chi connectivity index (χ1v) is 8.66. The molecular weight excluding hydrogens is 395 g/mol. The van der Waals surface area contributed by atoms with E-state index in [1.165, 1.54) is 30.5 Å². The molecule has 0 unspecified atom stereocenters. The van der Waals surface area contributed by atoms with Gasteiger partial charge in [-0.15, -0.1) is 10.2 Å². The van der Waals surface area contributed by atoms with Gasteiger partial charge in [-0.25, -0.2) is 4.39 Å². The summed E-state index contributed by atoms with van der Waals surface area (Å²) in [4.78, 5) is 23.0. The number of nitro benzene ring substituents is 1. The number of amides is 1. The fourth-order valence-corrected chi connectivity index (χ4v) is 2.74. The summed E-state index contributed by atoms with van der Waals surface area (Å²) in [6.07, 6.45) is 1.46. The maximum absolute atomic E-state index is 14.3. The standard InChI is InChI=1S/C20H13FN4O5/c1-11-4-5-12(10-16(11)25(27)28)18(26)22-15-9-13(6-7-14(15)21)19-23-24-20(30-19)17-3-2-8-29-17/h2-10H,1H3,(H,22,26). The molecule has 0 saturated heterocycles. The maximum Gasteiger partial charge on any atom is 0.283 e. The molecular formula is C20H13FN4O5. The molecule has 0 aliphatic rings. The molecule has 4 aromatic rings. The zero-order valence-electron chi connectivity index (χ0n) is 15.5. The number of hydrogen-bond donors (Lipinski definition) is 1. The number of nitro groups is 1. The van der Waals surface area contributed by atoms with E-state index >= 15 is 0 Å². The highest BCUT2D eigenvalue weighted by Gasteiger charge is 2.18. The highest BCUT2D eigenvalue weighted by Crippen LogP contribution is 2.28. The van der Waals surface area contributed by atoms with E-state index < -0.39 is 16.6 Å². The Bertz CT molecular complexity index is 1250. The molecule has 0 spiro atoms. The first-order chi connectivity index (χ1) is 14.4. The van der Waals surface area contributed by atoms with Crippen LogP contribution in [-0.4, -0.2) is 21.0 Å². The summed E-state index contributed by atoms with van der Waals surface area (Å²) >= 11 is 0. The molecule has 2 aromatic carbocycles. The van der Waals surface area contributed by atoms with Crippen molar-refractivity contribution < 1.29 is 22.9 Å². The van der Waals surface area contributed by atoms with Gasteiger partial charge in [0.25, 0.3) is 17.5 Å². The number of nitrogens with one attached hydrogen (secondary N) is 1. The third-order valence-electron chi connectivity index (χ3n) is 4.29. The Morgan fingerprint density at radius 1 is 1.13 bits per heavy atom. The van der Waals surface area contributed by atoms with Crippen LogP contribution < -0.4 is 5.32 Å². The summed E-state index contributed by atoms with van der Waals surface area (Å²) in [7, 11) is 0. The van der Waals surface area contributed by atoms with Crippen LogP contribution in [-0.2, 0) is 0 Å². The van der Waals surface area contributed by atoms with Crippen molar-refractivity contribution in [3.63, 3.8) is 0 Å². The van der Waals surface area contributed by atoms with Gasteiger partial charge in [0, 0.05) is 22.8 Å². The van der Waals surface area contributed by atoms with Crippen molar-refractivity contribution in [2.45, 2.75) is 6.92 Å². The molecule has 0 bridgehead atoms. The van der Waals surface area contributed by atoms with Gasteiger partial charge in [-0.05, 0) is 43.3 Å². The maximum atomic E-state index is 14.3. The SMILES string of the molecule is Cc1ccc(C(=O)Nc2cc(-c3nnc(-c4ccco4)o3)ccc2F)cc1[N+](=O)[O-]. The largest absolute Gasteiger partial charge is 0.459 e. The Labute approximate surface area is 168 Å². The topological polar surface area (TPSA) is 124 Å². The van der Waals surface area contributed by atoms with Crippen LogP contribution in [0.4, 0.5) is 15.8 Å². The van der Waals surface area contributed by atoms with Crippen LogP contribution in [0.25, 0.3) is 23.1 Å². The Kier molecular flexibility index (Phi) is 4.80. The highest BCUT2D eigenvalue weighted by atomic mass is 19.1. The van der Waals surface area contributed by atoms with Gasteiger partial charge in [-0.3, -0.25) is 14.9 Å². The first-order valence-electron chi connectivity index (χ1n) is 8.66. The predicted molar refractivity (Wildman–Crippen MR) is 103 cm³/mol. The van der Waals surface area contributed by atoms with Crippen molar-refractivity contribution in [3.05, 3.63) is 81.9 Å². The number of benzene rings is 2. The lowest BCUT2D eigenvalue weighted by Crippen LogP contribution is -2.13. The number of aryl methyl sites for hydroxylation is 1. The molecule has 0 fully saturated rings. The van der Waals surface area contributed by atoms with E-state index in [0.29, 0.717) is 16.9 Å². The Balaban J connectivity index is 1.61. The van der Waals surface area contributed by atoms with Crippen LogP contribution in [0.3, 0.4) is 0 Å². The van der Waals surface area contributed by atoms with Gasteiger partial charge in [0.05, 0.1) is 16.9 Å². The number of carbonyl (C=O) groups is 1. The summed E-state index contributed by atoms with van der Waals surface area (Å²) in [5, 5.41) is 21.3. The van der Waals surface area contributed by atoms with Gasteiger partial charge >= 0.3 is 0 Å². The van der Waals surface area contributed by atoms with E-state index in [9.17, 15) is 19.3 Å². The summed E-state index contributed by atoms with van der Waals surface area (Å²) < 4.78 is 25.0. The molecule has 0 saturated carbocycles. The fraction of sp³-hybridized carbons (Fsp3) is 0.0500. The fourth-order valence-electron chi connectivity index (χ4n) is 2.74. The number of nitrogens with zero attached hydrogens (tertiary/aromatic N) is 3. The monoisotopic (exact) mass is 408 g/mol. The molecule has 4 rings (SSSR count). The predicted octanol–water partition coefficient (Wildman–Crippen LogP) is 4.60. The normalized spacial score (nSPS) is 10.7. The van der Waals surface area contributed by atoms with E-state index in [2.05, 4.69) is 15.5 Å². The Hall–Kier alpha value is -4.34. The molecule has 1 N–H and O–H groups in total. The first kappa shape index (κ1) is 19.0. The van der Waals surface area contributed by atoms with Crippen LogP contribution in [0.5, 0.6) is 0 Å². The average molecular weight is 408 g/mol. The molecule has 0 aliphatic heterocycles. The van der Waals surface area contributed by atoms with Gasteiger partial charge < -0.3 is 14.2 Å². The summed E-state index contributed by atoms with van der Waals surface area (Å²) in [5.74, 6) is -0.763. The molecule has 1 amide bonds. The average Bonchev–Trinajstić information content (AvgIpc) is 3.41. The summed E-state index contributed by atoms with van der Waals surface area (Å²) in [6.45, 7) is 1.56. The third kappa shape index (κ3) is 3.65. The van der Waals surface area contributed by atoms with Crippen LogP contribution in [0.15, 0.2) is 63.6 Å². The lowest BCUT2D eigenvalue weighted by Gasteiger charge is -2.08. The van der Waals surface area contributed by atoms with Crippen molar-refractivity contribution >= 4 is 17.3 Å². The summed E-state index contributed by atoms with van der Waals surface area (Å²) in [5.41, 5.74) is 0.460. The van der Waals surface area contributed by atoms with Gasteiger partial charge in [0.2, 0.25) is 5.89 Å². The second kappa shape index (κ2) is 7.59. The van der Waals surface area contributed by atoms with Crippen molar-refractivity contribution in [1.82, 2.24) is 10.2 Å². The second-order valence-corrected chi connectivity index (χ2v) is 6.30. The molecule has 0 atom stereocenters. The molecule has 9 nitrogen and oxygen atoms in total. The quantitative estimate of drug-likeness (QED) is 0.378. The molecule has 0 aliphatic carbocycles. The minimum absolute atomic E-state index is 0.0231. The molecule has 150 valence electrons. The van der Waals surface area contributed by atoms with Crippen LogP contribution in [0.2, 0.25) is 0 Å². The Morgan fingerprint density at radius 2 is 1.93 bits per heavy atom. The van der Waals surface area contributed by atoms with E-state index in [1.807, 2.05) is 0 Å². The number of rotatable bonds is 5. The van der Waals surface area contributed by atoms with E-state index in [1.54, 1.807) is 19.1 Å². The van der Waals surface area contributed by atoms with Crippen molar-refractivity contribution in [2.24, 2.45) is 0 Å². The minimum atomic E-state index is -0.698. The van der Waals surface area contributed by atoms with Gasteiger partial charge in [0.1, 0.15) is 5.82 Å². The minimum Gasteiger partial charge on any atom is -0.459 e. The van der Waals surface area contributed by atoms with Crippen LogP contribution in [0.1, 0.15) is 15.9 Å². The van der Waals surface area contributed by atoms with Gasteiger partial charge in [0.15, 0.2) is 5.76 Å². The second-order valence-electron chi connectivity index (χ2n) is 6.30. The molecule has 0 radical (unpaired) electrons. The van der Waals surface area contributed by atoms with Crippen molar-refractivity contribution in [1.29, 1.82) is 0 Å². The number of furan rings is 1. The van der Waals surface area contributed by atoms with Crippen molar-refractivity contribution in [2.75, 3.05) is 5.32 Å². The van der Waals surface area contributed by atoms with E-state index in [0.717, 1.165) is 12.1 Å². The Morgan fingerprint density at radius 3 is 2.67 bits per heavy atom. The number of anilines is 1. The molecule has 30 heavy (non-hydrogen) atoms. The molecule has 10 heteroatoms. The van der Waals surface area contributed by atoms with E-state index in [4.69, 9.17) is 8.83 Å². The highest BCUT2D eigenvalue weighted by molar-refractivity contribution is 6.05. The lowest BCUT2D eigenvalue weighted by atomic mass is 10.1. The number of carbonyl (C=O) groups excluding carboxylic acids is 1. The van der Waals surface area contributed by atoms with Gasteiger partial charge in [-0.1, -0.05) is 6.07 Å². The molecule has 2 aromatic heterocycles. The number of hydrogen-bond acceptors (Lipinski definition) is 7. The van der Waals surface area contributed by atoms with Crippen LogP contribution in [0, 0.1) is 22.9 Å². The van der Waals surface area contributed by atoms with Crippen LogP contribution >= 0.6 is 0 Å². The lowest BCUT2D eigenvalue weighted by molar-refractivity contribution is -0.385. The van der Waals surface area contributed by atoms with Crippen molar-refractivity contribution in [3.8, 4) is 23.1 Å². The number of aromatic nitrogens is 2. The van der Waals surface area contributed by atoms with Gasteiger partial charge in [-0.2, -0.15) is 0 Å².